The zero-order chi connectivity index (χ0) is 16.1. The standard InChI is InChI=1S/C20H30O2/c1-5-14-13(2)7-9-16-15(14)8-10-17-19(16,3)11-6-12-20(17,4)18(21)22/h5,7,14-17H,1,6,8-12H2,2-4H3,(H,21,22)/t14-,15-,16-,17+,19+,20-/m0/s1. The number of rotatable bonds is 2. The fourth-order valence-electron chi connectivity index (χ4n) is 6.33. The van der Waals surface area contributed by atoms with Crippen LogP contribution in [0.1, 0.15) is 59.3 Å². The van der Waals surface area contributed by atoms with Gasteiger partial charge in [0.05, 0.1) is 5.41 Å². The van der Waals surface area contributed by atoms with Crippen molar-refractivity contribution in [2.75, 3.05) is 0 Å². The van der Waals surface area contributed by atoms with E-state index in [2.05, 4.69) is 32.6 Å². The molecular formula is C20H30O2. The van der Waals surface area contributed by atoms with Gasteiger partial charge in [0.15, 0.2) is 0 Å². The van der Waals surface area contributed by atoms with E-state index in [0.717, 1.165) is 32.1 Å². The lowest BCUT2D eigenvalue weighted by atomic mass is 9.43. The lowest BCUT2D eigenvalue weighted by molar-refractivity contribution is -0.170. The summed E-state index contributed by atoms with van der Waals surface area (Å²) in [6.45, 7) is 10.7. The van der Waals surface area contributed by atoms with Crippen molar-refractivity contribution < 1.29 is 9.90 Å². The van der Waals surface area contributed by atoms with Gasteiger partial charge in [-0.05, 0) is 69.1 Å². The predicted octanol–water partition coefficient (Wildman–Crippen LogP) is 5.06. The van der Waals surface area contributed by atoms with Gasteiger partial charge in [-0.1, -0.05) is 31.1 Å². The van der Waals surface area contributed by atoms with Crippen LogP contribution in [0, 0.1) is 34.5 Å². The van der Waals surface area contributed by atoms with E-state index in [1.165, 1.54) is 12.0 Å². The summed E-state index contributed by atoms with van der Waals surface area (Å²) in [6.07, 6.45) is 11.0. The average molecular weight is 302 g/mol. The number of carboxylic acid groups (broad SMARTS) is 1. The first-order valence-electron chi connectivity index (χ1n) is 8.87. The Morgan fingerprint density at radius 1 is 1.36 bits per heavy atom. The summed E-state index contributed by atoms with van der Waals surface area (Å²) in [5.41, 5.74) is 1.11. The Hall–Kier alpha value is -1.05. The topological polar surface area (TPSA) is 37.3 Å². The van der Waals surface area contributed by atoms with E-state index in [4.69, 9.17) is 0 Å². The zero-order valence-corrected chi connectivity index (χ0v) is 14.3. The Balaban J connectivity index is 1.99. The Bertz CT molecular complexity index is 520. The van der Waals surface area contributed by atoms with Crippen molar-refractivity contribution in [2.45, 2.75) is 59.3 Å². The molecule has 3 aliphatic carbocycles. The number of fused-ring (bicyclic) bond motifs is 3. The van der Waals surface area contributed by atoms with Crippen LogP contribution in [0.4, 0.5) is 0 Å². The predicted molar refractivity (Wildman–Crippen MR) is 89.5 cm³/mol. The Morgan fingerprint density at radius 2 is 2.09 bits per heavy atom. The van der Waals surface area contributed by atoms with E-state index < -0.39 is 11.4 Å². The summed E-state index contributed by atoms with van der Waals surface area (Å²) < 4.78 is 0. The zero-order valence-electron chi connectivity index (χ0n) is 14.3. The van der Waals surface area contributed by atoms with E-state index in [1.54, 1.807) is 0 Å². The summed E-state index contributed by atoms with van der Waals surface area (Å²) in [4.78, 5) is 12.0. The molecule has 2 heteroatoms. The Labute approximate surface area is 134 Å². The number of carbonyl (C=O) groups is 1. The van der Waals surface area contributed by atoms with E-state index in [0.29, 0.717) is 23.7 Å². The molecule has 0 heterocycles. The van der Waals surface area contributed by atoms with E-state index >= 15 is 0 Å². The van der Waals surface area contributed by atoms with Crippen molar-refractivity contribution in [1.29, 1.82) is 0 Å². The summed E-state index contributed by atoms with van der Waals surface area (Å²) in [6, 6.07) is 0. The Morgan fingerprint density at radius 3 is 2.73 bits per heavy atom. The van der Waals surface area contributed by atoms with Crippen LogP contribution in [0.3, 0.4) is 0 Å². The molecule has 0 aromatic carbocycles. The highest BCUT2D eigenvalue weighted by atomic mass is 16.4. The fourth-order valence-corrected chi connectivity index (χ4v) is 6.33. The maximum absolute atomic E-state index is 12.0. The maximum atomic E-state index is 12.0. The lowest BCUT2D eigenvalue weighted by Gasteiger charge is -2.60. The molecule has 2 nitrogen and oxygen atoms in total. The largest absolute Gasteiger partial charge is 0.481 e. The molecule has 0 aromatic rings. The number of hydrogen-bond acceptors (Lipinski definition) is 1. The molecule has 0 aromatic heterocycles. The van der Waals surface area contributed by atoms with Gasteiger partial charge in [0.1, 0.15) is 0 Å². The molecule has 3 rings (SSSR count). The van der Waals surface area contributed by atoms with Gasteiger partial charge in [0.25, 0.3) is 0 Å². The molecule has 0 amide bonds. The van der Waals surface area contributed by atoms with Gasteiger partial charge in [-0.25, -0.2) is 0 Å². The summed E-state index contributed by atoms with van der Waals surface area (Å²) in [5.74, 6) is 1.53. The molecule has 0 radical (unpaired) electrons. The van der Waals surface area contributed by atoms with E-state index in [9.17, 15) is 9.90 Å². The third-order valence-electron chi connectivity index (χ3n) is 7.55. The van der Waals surface area contributed by atoms with Crippen molar-refractivity contribution in [3.8, 4) is 0 Å². The van der Waals surface area contributed by atoms with Gasteiger partial charge in [0.2, 0.25) is 0 Å². The molecule has 0 bridgehead atoms. The van der Waals surface area contributed by atoms with Crippen LogP contribution in [0.2, 0.25) is 0 Å². The molecule has 3 aliphatic rings. The Kier molecular flexibility index (Phi) is 3.78. The maximum Gasteiger partial charge on any atom is 0.309 e. The smallest absolute Gasteiger partial charge is 0.309 e. The van der Waals surface area contributed by atoms with Crippen LogP contribution in [0.25, 0.3) is 0 Å². The molecule has 1 N–H and O–H groups in total. The lowest BCUT2D eigenvalue weighted by Crippen LogP contribution is -2.56. The van der Waals surface area contributed by atoms with Gasteiger partial charge in [0, 0.05) is 5.92 Å². The van der Waals surface area contributed by atoms with Crippen LogP contribution in [-0.4, -0.2) is 11.1 Å². The van der Waals surface area contributed by atoms with Gasteiger partial charge < -0.3 is 5.11 Å². The molecule has 2 saturated carbocycles. The van der Waals surface area contributed by atoms with Crippen molar-refractivity contribution in [3.05, 3.63) is 24.3 Å². The highest BCUT2D eigenvalue weighted by molar-refractivity contribution is 5.75. The summed E-state index contributed by atoms with van der Waals surface area (Å²) in [7, 11) is 0. The number of hydrogen-bond donors (Lipinski definition) is 1. The van der Waals surface area contributed by atoms with Crippen LogP contribution < -0.4 is 0 Å². The van der Waals surface area contributed by atoms with Crippen LogP contribution >= 0.6 is 0 Å². The quantitative estimate of drug-likeness (QED) is 0.724. The average Bonchev–Trinajstić information content (AvgIpc) is 2.46. The SMILES string of the molecule is C=C[C@H]1C(C)=CC[C@H]2[C@H]1CC[C@@H]1[C@]2(C)CCC[C@]1(C)C(=O)O. The second kappa shape index (κ2) is 5.25. The van der Waals surface area contributed by atoms with Crippen LogP contribution in [0.15, 0.2) is 24.3 Å². The molecule has 2 fully saturated rings. The van der Waals surface area contributed by atoms with Crippen molar-refractivity contribution in [3.63, 3.8) is 0 Å². The van der Waals surface area contributed by atoms with Crippen LogP contribution in [-0.2, 0) is 4.79 Å². The summed E-state index contributed by atoms with van der Waals surface area (Å²) >= 11 is 0. The van der Waals surface area contributed by atoms with E-state index in [1.807, 2.05) is 6.92 Å². The second-order valence-corrected chi connectivity index (χ2v) is 8.43. The third-order valence-corrected chi connectivity index (χ3v) is 7.55. The molecule has 6 atom stereocenters. The van der Waals surface area contributed by atoms with Gasteiger partial charge >= 0.3 is 5.97 Å². The monoisotopic (exact) mass is 302 g/mol. The van der Waals surface area contributed by atoms with Gasteiger partial charge in [-0.3, -0.25) is 4.79 Å². The van der Waals surface area contributed by atoms with E-state index in [-0.39, 0.29) is 5.41 Å². The minimum Gasteiger partial charge on any atom is -0.481 e. The molecular weight excluding hydrogens is 272 g/mol. The minimum absolute atomic E-state index is 0.173. The van der Waals surface area contributed by atoms with Crippen molar-refractivity contribution in [2.24, 2.45) is 34.5 Å². The van der Waals surface area contributed by atoms with Gasteiger partial charge in [-0.2, -0.15) is 0 Å². The number of carboxylic acids is 1. The molecule has 122 valence electrons. The molecule has 0 aliphatic heterocycles. The van der Waals surface area contributed by atoms with Crippen molar-refractivity contribution in [1.82, 2.24) is 0 Å². The van der Waals surface area contributed by atoms with Crippen molar-refractivity contribution >= 4 is 5.97 Å². The normalized spacial score (nSPS) is 47.9. The highest BCUT2D eigenvalue weighted by Crippen LogP contribution is 2.64. The first-order valence-corrected chi connectivity index (χ1v) is 8.87. The third kappa shape index (κ3) is 2.02. The molecule has 0 unspecified atom stereocenters. The molecule has 0 spiro atoms. The summed E-state index contributed by atoms with van der Waals surface area (Å²) in [5, 5.41) is 9.86. The first kappa shape index (κ1) is 15.8. The number of aliphatic carboxylic acids is 1. The fraction of sp³-hybridized carbons (Fsp3) is 0.750. The number of allylic oxidation sites excluding steroid dienone is 3. The first-order chi connectivity index (χ1) is 10.3. The van der Waals surface area contributed by atoms with Gasteiger partial charge in [-0.15, -0.1) is 6.58 Å². The molecule has 22 heavy (non-hydrogen) atoms. The molecule has 0 saturated heterocycles. The highest BCUT2D eigenvalue weighted by Gasteiger charge is 2.59. The minimum atomic E-state index is -0.579. The second-order valence-electron chi connectivity index (χ2n) is 8.43. The van der Waals surface area contributed by atoms with Crippen LogP contribution in [0.5, 0.6) is 0 Å².